The van der Waals surface area contributed by atoms with Gasteiger partial charge in [-0.2, -0.15) is 0 Å². The third kappa shape index (κ3) is 4.19. The fourth-order valence-electron chi connectivity index (χ4n) is 2.45. The molecule has 0 N–H and O–H groups in total. The van der Waals surface area contributed by atoms with E-state index in [-0.39, 0.29) is 0 Å². The van der Waals surface area contributed by atoms with Crippen LogP contribution in [0, 0.1) is 6.92 Å². The highest BCUT2D eigenvalue weighted by Crippen LogP contribution is 2.24. The standard InChI is InChI=1S/C17H23Cl2N3O/c1-12(2)21-11-13(3)22(17(21)20-8-5-9-23-4)14-6-7-15(18)16(19)10-14/h6-7,10-12H,5,8-9H2,1-4H3. The van der Waals surface area contributed by atoms with Crippen molar-refractivity contribution >= 4 is 23.2 Å². The molecule has 0 bridgehead atoms. The third-order valence-corrected chi connectivity index (χ3v) is 4.33. The smallest absolute Gasteiger partial charge is 0.210 e. The minimum absolute atomic E-state index is 0.318. The zero-order valence-electron chi connectivity index (χ0n) is 14.0. The van der Waals surface area contributed by atoms with E-state index in [2.05, 4.69) is 36.1 Å². The molecule has 4 nitrogen and oxygen atoms in total. The topological polar surface area (TPSA) is 31.4 Å². The zero-order valence-corrected chi connectivity index (χ0v) is 15.5. The molecule has 1 heterocycles. The second-order valence-electron chi connectivity index (χ2n) is 5.73. The van der Waals surface area contributed by atoms with Crippen molar-refractivity contribution < 1.29 is 4.74 Å². The van der Waals surface area contributed by atoms with Crippen LogP contribution in [0.4, 0.5) is 0 Å². The first-order valence-electron chi connectivity index (χ1n) is 7.71. The molecule has 0 amide bonds. The van der Waals surface area contributed by atoms with E-state index in [1.165, 1.54) is 0 Å². The molecule has 0 spiro atoms. The average molecular weight is 356 g/mol. The van der Waals surface area contributed by atoms with Gasteiger partial charge in [-0.25, -0.2) is 0 Å². The van der Waals surface area contributed by atoms with E-state index in [1.54, 1.807) is 7.11 Å². The Morgan fingerprint density at radius 1 is 1.22 bits per heavy atom. The highest BCUT2D eigenvalue weighted by molar-refractivity contribution is 6.42. The van der Waals surface area contributed by atoms with Crippen molar-refractivity contribution in [3.63, 3.8) is 0 Å². The molecular formula is C17H23Cl2N3O. The van der Waals surface area contributed by atoms with Gasteiger partial charge in [-0.05, 0) is 45.4 Å². The number of hydrogen-bond acceptors (Lipinski definition) is 2. The summed E-state index contributed by atoms with van der Waals surface area (Å²) in [6.45, 7) is 7.78. The van der Waals surface area contributed by atoms with E-state index >= 15 is 0 Å². The lowest BCUT2D eigenvalue weighted by Gasteiger charge is -2.10. The van der Waals surface area contributed by atoms with Crippen LogP contribution in [0.3, 0.4) is 0 Å². The Morgan fingerprint density at radius 2 is 1.96 bits per heavy atom. The molecule has 0 saturated heterocycles. The van der Waals surface area contributed by atoms with Gasteiger partial charge in [0.05, 0.1) is 15.7 Å². The summed E-state index contributed by atoms with van der Waals surface area (Å²) in [5, 5.41) is 1.09. The maximum Gasteiger partial charge on any atom is 0.210 e. The van der Waals surface area contributed by atoms with Crippen molar-refractivity contribution in [2.24, 2.45) is 4.99 Å². The van der Waals surface area contributed by atoms with E-state index in [0.29, 0.717) is 29.2 Å². The Bertz CT molecular complexity index is 732. The Labute approximate surface area is 147 Å². The van der Waals surface area contributed by atoms with E-state index in [1.807, 2.05) is 18.2 Å². The minimum atomic E-state index is 0.318. The van der Waals surface area contributed by atoms with Crippen LogP contribution in [0.15, 0.2) is 29.4 Å². The second kappa shape index (κ2) is 8.04. The van der Waals surface area contributed by atoms with Crippen LogP contribution in [-0.4, -0.2) is 29.4 Å². The normalized spacial score (nSPS) is 12.4. The molecule has 0 atom stereocenters. The molecule has 1 aromatic carbocycles. The largest absolute Gasteiger partial charge is 0.385 e. The Hall–Kier alpha value is -1.23. The fraction of sp³-hybridized carbons (Fsp3) is 0.471. The Morgan fingerprint density at radius 3 is 2.57 bits per heavy atom. The lowest BCUT2D eigenvalue weighted by atomic mass is 10.3. The number of methoxy groups -OCH3 is 1. The van der Waals surface area contributed by atoms with E-state index in [0.717, 1.165) is 23.4 Å². The molecule has 2 aromatic rings. The van der Waals surface area contributed by atoms with Gasteiger partial charge < -0.3 is 9.30 Å². The van der Waals surface area contributed by atoms with Gasteiger partial charge in [0.1, 0.15) is 0 Å². The predicted octanol–water partition coefficient (Wildman–Crippen LogP) is 4.41. The van der Waals surface area contributed by atoms with Crippen molar-refractivity contribution in [1.82, 2.24) is 9.13 Å². The second-order valence-corrected chi connectivity index (χ2v) is 6.55. The summed E-state index contributed by atoms with van der Waals surface area (Å²) >= 11 is 12.2. The van der Waals surface area contributed by atoms with Crippen LogP contribution < -0.4 is 5.62 Å². The Kier molecular flexibility index (Phi) is 6.33. The van der Waals surface area contributed by atoms with Crippen molar-refractivity contribution in [1.29, 1.82) is 0 Å². The molecule has 1 aromatic heterocycles. The molecule has 0 aliphatic heterocycles. The molecule has 0 saturated carbocycles. The van der Waals surface area contributed by atoms with Crippen LogP contribution in [0.2, 0.25) is 10.0 Å². The molecule has 6 heteroatoms. The number of aryl methyl sites for hydroxylation is 1. The highest BCUT2D eigenvalue weighted by Gasteiger charge is 2.12. The third-order valence-electron chi connectivity index (χ3n) is 3.59. The lowest BCUT2D eigenvalue weighted by molar-refractivity contribution is 0.196. The summed E-state index contributed by atoms with van der Waals surface area (Å²) in [5.74, 6) is 0. The van der Waals surface area contributed by atoms with Gasteiger partial charge in [0.15, 0.2) is 0 Å². The number of halogens is 2. The molecule has 0 aliphatic carbocycles. The molecule has 0 fully saturated rings. The van der Waals surface area contributed by atoms with Crippen LogP contribution >= 0.6 is 23.2 Å². The van der Waals surface area contributed by atoms with Crippen LogP contribution in [-0.2, 0) is 4.74 Å². The first-order chi connectivity index (χ1) is 11.0. The van der Waals surface area contributed by atoms with E-state index in [9.17, 15) is 0 Å². The molecule has 0 aliphatic rings. The van der Waals surface area contributed by atoms with Crippen molar-refractivity contribution in [3.05, 3.63) is 45.8 Å². The van der Waals surface area contributed by atoms with Gasteiger partial charge in [-0.1, -0.05) is 23.2 Å². The predicted molar refractivity (Wildman–Crippen MR) is 95.8 cm³/mol. The zero-order chi connectivity index (χ0) is 17.0. The van der Waals surface area contributed by atoms with Crippen LogP contribution in [0.1, 0.15) is 32.0 Å². The number of aromatic nitrogens is 2. The SMILES string of the molecule is COCCCN=c1n(C(C)C)cc(C)n1-c1ccc(Cl)c(Cl)c1. The van der Waals surface area contributed by atoms with Gasteiger partial charge in [0.2, 0.25) is 5.62 Å². The minimum Gasteiger partial charge on any atom is -0.385 e. The maximum atomic E-state index is 6.18. The molecule has 23 heavy (non-hydrogen) atoms. The molecule has 0 radical (unpaired) electrons. The highest BCUT2D eigenvalue weighted by atomic mass is 35.5. The van der Waals surface area contributed by atoms with Gasteiger partial charge in [0, 0.05) is 38.2 Å². The number of nitrogens with zero attached hydrogens (tertiary/aromatic N) is 3. The molecule has 0 unspecified atom stereocenters. The molecule has 2 rings (SSSR count). The monoisotopic (exact) mass is 355 g/mol. The number of ether oxygens (including phenoxy) is 1. The van der Waals surface area contributed by atoms with Crippen molar-refractivity contribution in [2.75, 3.05) is 20.3 Å². The average Bonchev–Trinajstić information content (AvgIpc) is 2.83. The fourth-order valence-corrected chi connectivity index (χ4v) is 2.75. The first-order valence-corrected chi connectivity index (χ1v) is 8.46. The number of benzene rings is 1. The van der Waals surface area contributed by atoms with E-state index < -0.39 is 0 Å². The van der Waals surface area contributed by atoms with Crippen molar-refractivity contribution in [3.8, 4) is 5.69 Å². The molecule has 126 valence electrons. The number of hydrogen-bond donors (Lipinski definition) is 0. The van der Waals surface area contributed by atoms with Crippen LogP contribution in [0.25, 0.3) is 5.69 Å². The summed E-state index contributed by atoms with van der Waals surface area (Å²) < 4.78 is 9.38. The molecular weight excluding hydrogens is 333 g/mol. The van der Waals surface area contributed by atoms with Gasteiger partial charge in [-0.15, -0.1) is 0 Å². The number of rotatable bonds is 6. The quantitative estimate of drug-likeness (QED) is 0.706. The van der Waals surface area contributed by atoms with Gasteiger partial charge in [0.25, 0.3) is 0 Å². The number of imidazole rings is 1. The maximum absolute atomic E-state index is 6.18. The summed E-state index contributed by atoms with van der Waals surface area (Å²) in [7, 11) is 1.71. The lowest BCUT2D eigenvalue weighted by Crippen LogP contribution is -2.27. The van der Waals surface area contributed by atoms with Crippen molar-refractivity contribution in [2.45, 2.75) is 33.2 Å². The van der Waals surface area contributed by atoms with Gasteiger partial charge >= 0.3 is 0 Å². The van der Waals surface area contributed by atoms with E-state index in [4.69, 9.17) is 32.9 Å². The first kappa shape index (κ1) is 18.1. The van der Waals surface area contributed by atoms with Gasteiger partial charge in [-0.3, -0.25) is 9.56 Å². The summed E-state index contributed by atoms with van der Waals surface area (Å²) in [5.41, 5.74) is 2.97. The Balaban J connectivity index is 2.55. The summed E-state index contributed by atoms with van der Waals surface area (Å²) in [4.78, 5) is 4.78. The van der Waals surface area contributed by atoms with Crippen LogP contribution in [0.5, 0.6) is 0 Å². The summed E-state index contributed by atoms with van der Waals surface area (Å²) in [6.07, 6.45) is 3.00. The summed E-state index contributed by atoms with van der Waals surface area (Å²) in [6, 6.07) is 5.96.